The van der Waals surface area contributed by atoms with Crippen LogP contribution in [-0.2, 0) is 4.79 Å². The summed E-state index contributed by atoms with van der Waals surface area (Å²) in [7, 11) is 0. The molecular formula is C20H26N6O. The number of nitrogens with zero attached hydrogens (tertiary/aromatic N) is 6. The Morgan fingerprint density at radius 1 is 1.11 bits per heavy atom. The summed E-state index contributed by atoms with van der Waals surface area (Å²) < 4.78 is 4.07. The highest BCUT2D eigenvalue weighted by Gasteiger charge is 2.30. The highest BCUT2D eigenvalue weighted by Crippen LogP contribution is 2.28. The number of rotatable bonds is 4. The number of likely N-dealkylation sites (tertiary alicyclic amines) is 1. The fourth-order valence-corrected chi connectivity index (χ4v) is 3.98. The van der Waals surface area contributed by atoms with E-state index < -0.39 is 0 Å². The van der Waals surface area contributed by atoms with E-state index >= 15 is 0 Å². The van der Waals surface area contributed by atoms with E-state index in [1.807, 2.05) is 47.0 Å². The predicted molar refractivity (Wildman–Crippen MR) is 103 cm³/mol. The van der Waals surface area contributed by atoms with E-state index in [9.17, 15) is 4.79 Å². The van der Waals surface area contributed by atoms with Crippen molar-refractivity contribution in [2.24, 2.45) is 0 Å². The molecule has 0 aromatic carbocycles. The van der Waals surface area contributed by atoms with Crippen LogP contribution in [-0.4, -0.2) is 48.0 Å². The minimum atomic E-state index is -0.227. The lowest BCUT2D eigenvalue weighted by molar-refractivity contribution is -0.135. The molecule has 0 bridgehead atoms. The van der Waals surface area contributed by atoms with Crippen LogP contribution in [0.15, 0.2) is 36.8 Å². The van der Waals surface area contributed by atoms with Crippen LogP contribution < -0.4 is 0 Å². The van der Waals surface area contributed by atoms with Gasteiger partial charge >= 0.3 is 0 Å². The monoisotopic (exact) mass is 366 g/mol. The van der Waals surface area contributed by atoms with Crippen LogP contribution in [0.25, 0.3) is 5.65 Å². The topological polar surface area (TPSA) is 68.3 Å². The van der Waals surface area contributed by atoms with Gasteiger partial charge in [-0.1, -0.05) is 19.9 Å². The smallest absolute Gasteiger partial charge is 0.245 e. The van der Waals surface area contributed by atoms with Gasteiger partial charge in [-0.25, -0.2) is 4.98 Å². The van der Waals surface area contributed by atoms with Crippen LogP contribution in [0.1, 0.15) is 63.1 Å². The zero-order valence-electron chi connectivity index (χ0n) is 16.1. The number of hydrogen-bond acceptors (Lipinski definition) is 4. The van der Waals surface area contributed by atoms with E-state index in [1.54, 1.807) is 6.20 Å². The van der Waals surface area contributed by atoms with E-state index in [4.69, 9.17) is 0 Å². The molecule has 7 heteroatoms. The number of pyridine rings is 1. The van der Waals surface area contributed by atoms with Crippen molar-refractivity contribution in [1.29, 1.82) is 0 Å². The lowest BCUT2D eigenvalue weighted by Crippen LogP contribution is -2.41. The van der Waals surface area contributed by atoms with Gasteiger partial charge in [0, 0.05) is 43.5 Å². The number of fused-ring (bicyclic) bond motifs is 1. The average Bonchev–Trinajstić information content (AvgIpc) is 3.34. The Morgan fingerprint density at radius 2 is 1.89 bits per heavy atom. The van der Waals surface area contributed by atoms with Crippen molar-refractivity contribution in [3.05, 3.63) is 48.4 Å². The number of carbonyl (C=O) groups excluding carboxylic acids is 1. The van der Waals surface area contributed by atoms with Crippen LogP contribution >= 0.6 is 0 Å². The minimum absolute atomic E-state index is 0.166. The van der Waals surface area contributed by atoms with Crippen molar-refractivity contribution in [2.45, 2.75) is 51.5 Å². The van der Waals surface area contributed by atoms with Crippen molar-refractivity contribution >= 4 is 11.6 Å². The summed E-state index contributed by atoms with van der Waals surface area (Å²) in [4.78, 5) is 19.4. The molecule has 1 saturated heterocycles. The van der Waals surface area contributed by atoms with Gasteiger partial charge in [0.2, 0.25) is 5.91 Å². The third-order valence-corrected chi connectivity index (χ3v) is 5.50. The lowest BCUT2D eigenvalue weighted by Gasteiger charge is -2.33. The molecule has 0 N–H and O–H groups in total. The molecule has 4 rings (SSSR count). The van der Waals surface area contributed by atoms with Crippen LogP contribution in [0.4, 0.5) is 0 Å². The third-order valence-electron chi connectivity index (χ3n) is 5.50. The number of imidazole rings is 1. The first-order valence-corrected chi connectivity index (χ1v) is 9.67. The summed E-state index contributed by atoms with van der Waals surface area (Å²) >= 11 is 0. The molecule has 0 aliphatic carbocycles. The molecule has 1 atom stereocenters. The van der Waals surface area contributed by atoms with Crippen molar-refractivity contribution in [1.82, 2.24) is 29.0 Å². The standard InChI is InChI=1S/C20H26N6O/c1-14(2)18-21-9-13-25(18)15(3)20(27)24-11-7-16(8-12-24)19-23-22-17-6-4-5-10-26(17)19/h4-6,9-10,13-16H,7-8,11-12H2,1-3H3/t15-/m0/s1. The molecule has 1 aliphatic heterocycles. The van der Waals surface area contributed by atoms with Crippen molar-refractivity contribution in [3.8, 4) is 0 Å². The lowest BCUT2D eigenvalue weighted by atomic mass is 9.95. The van der Waals surface area contributed by atoms with E-state index in [2.05, 4.69) is 33.4 Å². The average molecular weight is 366 g/mol. The van der Waals surface area contributed by atoms with E-state index in [1.165, 1.54) is 0 Å². The maximum atomic E-state index is 13.0. The molecule has 7 nitrogen and oxygen atoms in total. The SMILES string of the molecule is CC(C)c1nccn1[C@@H](C)C(=O)N1CCC(c2nnc3ccccn23)CC1. The minimum Gasteiger partial charge on any atom is -0.341 e. The van der Waals surface area contributed by atoms with Crippen LogP contribution in [0.5, 0.6) is 0 Å². The normalized spacial score (nSPS) is 17.0. The van der Waals surface area contributed by atoms with Gasteiger partial charge in [-0.3, -0.25) is 9.20 Å². The van der Waals surface area contributed by atoms with Gasteiger partial charge in [0.15, 0.2) is 5.65 Å². The fraction of sp³-hybridized carbons (Fsp3) is 0.500. The first-order chi connectivity index (χ1) is 13.1. The molecule has 0 saturated carbocycles. The number of aromatic nitrogens is 5. The van der Waals surface area contributed by atoms with Gasteiger partial charge in [0.1, 0.15) is 17.7 Å². The Hall–Kier alpha value is -2.70. The zero-order chi connectivity index (χ0) is 19.0. The van der Waals surface area contributed by atoms with E-state index in [-0.39, 0.29) is 11.9 Å². The molecule has 1 aliphatic rings. The summed E-state index contributed by atoms with van der Waals surface area (Å²) in [5.74, 6) is 2.76. The van der Waals surface area contributed by atoms with Gasteiger partial charge < -0.3 is 9.47 Å². The summed E-state index contributed by atoms with van der Waals surface area (Å²) in [6.45, 7) is 7.67. The summed E-state index contributed by atoms with van der Waals surface area (Å²) in [6.07, 6.45) is 7.52. The maximum Gasteiger partial charge on any atom is 0.245 e. The molecule has 1 fully saturated rings. The Kier molecular flexibility index (Phi) is 4.68. The van der Waals surface area contributed by atoms with Crippen LogP contribution in [0, 0.1) is 0 Å². The first-order valence-electron chi connectivity index (χ1n) is 9.67. The van der Waals surface area contributed by atoms with E-state index in [0.29, 0.717) is 11.8 Å². The zero-order valence-corrected chi connectivity index (χ0v) is 16.1. The Labute approximate surface area is 159 Å². The largest absolute Gasteiger partial charge is 0.341 e. The number of hydrogen-bond donors (Lipinski definition) is 0. The van der Waals surface area contributed by atoms with Crippen LogP contribution in [0.3, 0.4) is 0 Å². The number of piperidine rings is 1. The molecule has 3 aromatic heterocycles. The molecule has 0 radical (unpaired) electrons. The summed E-state index contributed by atoms with van der Waals surface area (Å²) in [6, 6.07) is 5.71. The Balaban J connectivity index is 1.44. The molecule has 0 spiro atoms. The van der Waals surface area contributed by atoms with Gasteiger partial charge in [0.05, 0.1) is 0 Å². The van der Waals surface area contributed by atoms with Gasteiger partial charge in [-0.15, -0.1) is 10.2 Å². The van der Waals surface area contributed by atoms with Crippen molar-refractivity contribution in [3.63, 3.8) is 0 Å². The summed E-state index contributed by atoms with van der Waals surface area (Å²) in [5.41, 5.74) is 0.876. The first kappa shape index (κ1) is 17.7. The molecule has 1 amide bonds. The predicted octanol–water partition coefficient (Wildman–Crippen LogP) is 3.02. The number of carbonyl (C=O) groups is 1. The molecular weight excluding hydrogens is 340 g/mol. The van der Waals surface area contributed by atoms with Crippen molar-refractivity contribution < 1.29 is 4.79 Å². The highest BCUT2D eigenvalue weighted by molar-refractivity contribution is 5.80. The molecule has 4 heterocycles. The van der Waals surface area contributed by atoms with Gasteiger partial charge in [-0.2, -0.15) is 0 Å². The summed E-state index contributed by atoms with van der Waals surface area (Å²) in [5, 5.41) is 8.65. The van der Waals surface area contributed by atoms with E-state index in [0.717, 1.165) is 43.2 Å². The third kappa shape index (κ3) is 3.22. The second-order valence-electron chi connectivity index (χ2n) is 7.61. The molecule has 3 aromatic rings. The maximum absolute atomic E-state index is 13.0. The fourth-order valence-electron chi connectivity index (χ4n) is 3.98. The molecule has 142 valence electrons. The van der Waals surface area contributed by atoms with Gasteiger partial charge in [-0.05, 0) is 31.9 Å². The second kappa shape index (κ2) is 7.13. The second-order valence-corrected chi connectivity index (χ2v) is 7.61. The van der Waals surface area contributed by atoms with Crippen molar-refractivity contribution in [2.75, 3.05) is 13.1 Å². The van der Waals surface area contributed by atoms with Crippen LogP contribution in [0.2, 0.25) is 0 Å². The highest BCUT2D eigenvalue weighted by atomic mass is 16.2. The Bertz CT molecular complexity index is 935. The Morgan fingerprint density at radius 3 is 2.63 bits per heavy atom. The van der Waals surface area contributed by atoms with Gasteiger partial charge in [0.25, 0.3) is 0 Å². The number of amides is 1. The quantitative estimate of drug-likeness (QED) is 0.712. The molecule has 0 unspecified atom stereocenters. The molecule has 27 heavy (non-hydrogen) atoms.